The molecular formula is C23H25N3O3S. The predicted octanol–water partition coefficient (Wildman–Crippen LogP) is 4.64. The third-order valence-corrected chi connectivity index (χ3v) is 6.54. The Kier molecular flexibility index (Phi) is 6.08. The van der Waals surface area contributed by atoms with Crippen molar-refractivity contribution in [3.63, 3.8) is 0 Å². The number of hydrogen-bond acceptors (Lipinski definition) is 5. The number of hydrogen-bond donors (Lipinski definition) is 1. The SMILES string of the molecule is COc1ccc(NC(=O)[C@@H](C)Sc2nc3ccccc3c(=O)n2C2CCCC2)cc1. The highest BCUT2D eigenvalue weighted by Gasteiger charge is 2.25. The highest BCUT2D eigenvalue weighted by Crippen LogP contribution is 2.33. The Bertz CT molecular complexity index is 1100. The van der Waals surface area contributed by atoms with Crippen LogP contribution in [0.4, 0.5) is 5.69 Å². The summed E-state index contributed by atoms with van der Waals surface area (Å²) < 4.78 is 6.97. The Labute approximate surface area is 179 Å². The number of para-hydroxylation sites is 1. The van der Waals surface area contributed by atoms with Crippen LogP contribution in [0, 0.1) is 0 Å². The Balaban J connectivity index is 1.60. The Morgan fingerprint density at radius 1 is 1.17 bits per heavy atom. The van der Waals surface area contributed by atoms with Gasteiger partial charge in [0.1, 0.15) is 5.75 Å². The van der Waals surface area contributed by atoms with Crippen LogP contribution in [0.15, 0.2) is 58.5 Å². The Morgan fingerprint density at radius 3 is 2.57 bits per heavy atom. The molecule has 1 atom stereocenters. The van der Waals surface area contributed by atoms with Gasteiger partial charge in [-0.3, -0.25) is 14.2 Å². The van der Waals surface area contributed by atoms with Gasteiger partial charge in [-0.2, -0.15) is 0 Å². The molecule has 156 valence electrons. The monoisotopic (exact) mass is 423 g/mol. The molecule has 30 heavy (non-hydrogen) atoms. The molecule has 1 aliphatic rings. The molecule has 1 fully saturated rings. The Morgan fingerprint density at radius 2 is 1.87 bits per heavy atom. The topological polar surface area (TPSA) is 73.2 Å². The van der Waals surface area contributed by atoms with E-state index in [4.69, 9.17) is 9.72 Å². The van der Waals surface area contributed by atoms with Crippen LogP contribution in [-0.2, 0) is 4.79 Å². The summed E-state index contributed by atoms with van der Waals surface area (Å²) in [5.74, 6) is 0.599. The quantitative estimate of drug-likeness (QED) is 0.462. The number of fused-ring (bicyclic) bond motifs is 1. The summed E-state index contributed by atoms with van der Waals surface area (Å²) in [6.45, 7) is 1.84. The molecule has 6 nitrogen and oxygen atoms in total. The van der Waals surface area contributed by atoms with Gasteiger partial charge in [-0.1, -0.05) is 36.7 Å². The van der Waals surface area contributed by atoms with E-state index in [0.29, 0.717) is 21.7 Å². The average Bonchev–Trinajstić information content (AvgIpc) is 3.28. The van der Waals surface area contributed by atoms with Crippen molar-refractivity contribution >= 4 is 34.3 Å². The first-order valence-electron chi connectivity index (χ1n) is 10.2. The van der Waals surface area contributed by atoms with Gasteiger partial charge < -0.3 is 10.1 Å². The van der Waals surface area contributed by atoms with E-state index in [0.717, 1.165) is 31.4 Å². The Hall–Kier alpha value is -2.80. The van der Waals surface area contributed by atoms with Gasteiger partial charge in [0.2, 0.25) is 5.91 Å². The molecule has 1 aromatic heterocycles. The second-order valence-corrected chi connectivity index (χ2v) is 8.81. The molecule has 0 radical (unpaired) electrons. The standard InChI is InChI=1S/C23H25N3O3S/c1-15(21(27)24-16-11-13-18(29-2)14-12-16)30-23-25-20-10-6-5-9-19(20)22(28)26(23)17-7-3-4-8-17/h5-6,9-15,17H,3-4,7-8H2,1-2H3,(H,24,27)/t15-/m1/s1. The third-order valence-electron chi connectivity index (χ3n) is 5.47. The number of amides is 1. The number of nitrogens with zero attached hydrogens (tertiary/aromatic N) is 2. The maximum Gasteiger partial charge on any atom is 0.262 e. The molecule has 2 aromatic carbocycles. The van der Waals surface area contributed by atoms with Crippen LogP contribution in [-0.4, -0.2) is 27.8 Å². The minimum Gasteiger partial charge on any atom is -0.497 e. The highest BCUT2D eigenvalue weighted by molar-refractivity contribution is 8.00. The summed E-state index contributed by atoms with van der Waals surface area (Å²) in [7, 11) is 1.60. The molecule has 0 aliphatic heterocycles. The molecular weight excluding hydrogens is 398 g/mol. The number of methoxy groups -OCH3 is 1. The number of thioether (sulfide) groups is 1. The van der Waals surface area contributed by atoms with Crippen molar-refractivity contribution in [3.05, 3.63) is 58.9 Å². The van der Waals surface area contributed by atoms with Gasteiger partial charge >= 0.3 is 0 Å². The number of nitrogens with one attached hydrogen (secondary N) is 1. The number of anilines is 1. The van der Waals surface area contributed by atoms with E-state index in [-0.39, 0.29) is 17.5 Å². The maximum absolute atomic E-state index is 13.2. The van der Waals surface area contributed by atoms with Gasteiger partial charge in [0.05, 0.1) is 23.3 Å². The van der Waals surface area contributed by atoms with E-state index in [9.17, 15) is 9.59 Å². The van der Waals surface area contributed by atoms with Crippen LogP contribution in [0.2, 0.25) is 0 Å². The van der Waals surface area contributed by atoms with Gasteiger partial charge in [-0.15, -0.1) is 0 Å². The molecule has 1 saturated carbocycles. The summed E-state index contributed by atoms with van der Waals surface area (Å²) in [5, 5.41) is 3.76. The van der Waals surface area contributed by atoms with Gasteiger partial charge in [0, 0.05) is 11.7 Å². The molecule has 1 amide bonds. The molecule has 1 N–H and O–H groups in total. The van der Waals surface area contributed by atoms with Crippen molar-refractivity contribution in [2.45, 2.75) is 49.1 Å². The van der Waals surface area contributed by atoms with Crippen LogP contribution in [0.1, 0.15) is 38.6 Å². The van der Waals surface area contributed by atoms with E-state index in [1.165, 1.54) is 11.8 Å². The number of carbonyl (C=O) groups is 1. The lowest BCUT2D eigenvalue weighted by Gasteiger charge is -2.20. The fourth-order valence-electron chi connectivity index (χ4n) is 3.82. The van der Waals surface area contributed by atoms with Crippen LogP contribution in [0.25, 0.3) is 10.9 Å². The summed E-state index contributed by atoms with van der Waals surface area (Å²) >= 11 is 1.34. The smallest absolute Gasteiger partial charge is 0.262 e. The van der Waals surface area contributed by atoms with Crippen LogP contribution >= 0.6 is 11.8 Å². The zero-order valence-electron chi connectivity index (χ0n) is 17.1. The van der Waals surface area contributed by atoms with Gasteiger partial charge in [-0.25, -0.2) is 4.98 Å². The molecule has 3 aromatic rings. The van der Waals surface area contributed by atoms with Crippen molar-refractivity contribution in [2.75, 3.05) is 12.4 Å². The lowest BCUT2D eigenvalue weighted by molar-refractivity contribution is -0.115. The van der Waals surface area contributed by atoms with Crippen LogP contribution < -0.4 is 15.6 Å². The van der Waals surface area contributed by atoms with Crippen molar-refractivity contribution in [2.24, 2.45) is 0 Å². The second-order valence-electron chi connectivity index (χ2n) is 7.50. The fourth-order valence-corrected chi connectivity index (χ4v) is 4.80. The number of benzene rings is 2. The molecule has 0 unspecified atom stereocenters. The zero-order chi connectivity index (χ0) is 21.1. The predicted molar refractivity (Wildman–Crippen MR) is 120 cm³/mol. The summed E-state index contributed by atoms with van der Waals surface area (Å²) in [6, 6.07) is 14.8. The first-order valence-corrected chi connectivity index (χ1v) is 11.1. The molecule has 1 heterocycles. The normalized spacial score (nSPS) is 15.3. The zero-order valence-corrected chi connectivity index (χ0v) is 17.9. The van der Waals surface area contributed by atoms with E-state index in [2.05, 4.69) is 5.32 Å². The largest absolute Gasteiger partial charge is 0.497 e. The first-order chi connectivity index (χ1) is 14.6. The molecule has 0 spiro atoms. The van der Waals surface area contributed by atoms with Crippen molar-refractivity contribution < 1.29 is 9.53 Å². The van der Waals surface area contributed by atoms with E-state index < -0.39 is 5.25 Å². The first kappa shape index (κ1) is 20.5. The second kappa shape index (κ2) is 8.92. The van der Waals surface area contributed by atoms with Crippen molar-refractivity contribution in [1.29, 1.82) is 0 Å². The number of rotatable bonds is 6. The van der Waals surface area contributed by atoms with E-state index in [1.807, 2.05) is 35.8 Å². The van der Waals surface area contributed by atoms with Crippen molar-refractivity contribution in [3.8, 4) is 5.75 Å². The van der Waals surface area contributed by atoms with Gasteiger partial charge in [0.25, 0.3) is 5.56 Å². The molecule has 4 rings (SSSR count). The lowest BCUT2D eigenvalue weighted by atomic mass is 10.2. The third kappa shape index (κ3) is 4.21. The van der Waals surface area contributed by atoms with E-state index >= 15 is 0 Å². The molecule has 1 aliphatic carbocycles. The fraction of sp³-hybridized carbons (Fsp3) is 0.348. The lowest BCUT2D eigenvalue weighted by Crippen LogP contribution is -2.29. The van der Waals surface area contributed by atoms with Crippen LogP contribution in [0.5, 0.6) is 5.75 Å². The van der Waals surface area contributed by atoms with Crippen LogP contribution in [0.3, 0.4) is 0 Å². The maximum atomic E-state index is 13.2. The van der Waals surface area contributed by atoms with Gasteiger partial charge in [-0.05, 0) is 56.2 Å². The summed E-state index contributed by atoms with van der Waals surface area (Å²) in [6.07, 6.45) is 4.17. The minimum atomic E-state index is -0.409. The molecule has 0 bridgehead atoms. The number of aromatic nitrogens is 2. The number of carbonyl (C=O) groups excluding carboxylic acids is 1. The minimum absolute atomic E-state index is 0.0160. The summed E-state index contributed by atoms with van der Waals surface area (Å²) in [4.78, 5) is 30.8. The summed E-state index contributed by atoms with van der Waals surface area (Å²) in [5.41, 5.74) is 1.35. The molecule has 7 heteroatoms. The highest BCUT2D eigenvalue weighted by atomic mass is 32.2. The number of ether oxygens (including phenoxy) is 1. The van der Waals surface area contributed by atoms with E-state index in [1.54, 1.807) is 31.4 Å². The van der Waals surface area contributed by atoms with Gasteiger partial charge in [0.15, 0.2) is 5.16 Å². The molecule has 0 saturated heterocycles. The average molecular weight is 424 g/mol. The van der Waals surface area contributed by atoms with Crippen molar-refractivity contribution in [1.82, 2.24) is 9.55 Å².